The summed E-state index contributed by atoms with van der Waals surface area (Å²) in [6.07, 6.45) is 2.89. The van der Waals surface area contributed by atoms with Crippen LogP contribution in [-0.4, -0.2) is 31.7 Å². The van der Waals surface area contributed by atoms with Crippen molar-refractivity contribution >= 4 is 21.6 Å². The van der Waals surface area contributed by atoms with Crippen LogP contribution in [-0.2, 0) is 10.0 Å². The first-order chi connectivity index (χ1) is 12.4. The van der Waals surface area contributed by atoms with Gasteiger partial charge in [0.2, 0.25) is 10.0 Å². The Morgan fingerprint density at radius 1 is 0.962 bits per heavy atom. The van der Waals surface area contributed by atoms with Crippen LogP contribution in [0.5, 0.6) is 0 Å². The molecule has 0 aromatic heterocycles. The molecule has 1 aliphatic rings. The fourth-order valence-electron chi connectivity index (χ4n) is 3.16. The van der Waals surface area contributed by atoms with E-state index in [0.717, 1.165) is 30.4 Å². The second-order valence-corrected chi connectivity index (χ2v) is 8.63. The molecule has 0 unspecified atom stereocenters. The Balaban J connectivity index is 1.75. The zero-order valence-electron chi connectivity index (χ0n) is 15.2. The number of aryl methyl sites for hydroxylation is 1. The fourth-order valence-corrected chi connectivity index (χ4v) is 4.68. The lowest BCUT2D eigenvalue weighted by molar-refractivity contribution is 0.102. The van der Waals surface area contributed by atoms with Crippen LogP contribution >= 0.6 is 0 Å². The Bertz CT molecular complexity index is 899. The fraction of sp³-hybridized carbons (Fsp3) is 0.350. The van der Waals surface area contributed by atoms with Gasteiger partial charge in [0, 0.05) is 24.3 Å². The summed E-state index contributed by atoms with van der Waals surface area (Å²) < 4.78 is 26.9. The molecule has 3 rings (SSSR count). The Kier molecular flexibility index (Phi) is 5.44. The first-order valence-corrected chi connectivity index (χ1v) is 10.3. The molecule has 0 spiro atoms. The van der Waals surface area contributed by atoms with Crippen LogP contribution < -0.4 is 5.32 Å². The smallest absolute Gasteiger partial charge is 0.255 e. The molecule has 2 aromatic carbocycles. The van der Waals surface area contributed by atoms with Gasteiger partial charge >= 0.3 is 0 Å². The van der Waals surface area contributed by atoms with Gasteiger partial charge in [0.1, 0.15) is 0 Å². The number of hydrogen-bond acceptors (Lipinski definition) is 3. The van der Waals surface area contributed by atoms with Crippen molar-refractivity contribution in [3.05, 3.63) is 59.2 Å². The highest BCUT2D eigenvalue weighted by atomic mass is 32.2. The summed E-state index contributed by atoms with van der Waals surface area (Å²) in [4.78, 5) is 12.7. The standard InChI is InChI=1S/C20H24N2O3S/c1-15-7-6-8-19(16(15)2)20(23)21-17-9-11-18(12-10-17)26(24,25)22-13-4-3-5-14-22/h6-12H,3-5,13-14H2,1-2H3,(H,21,23). The van der Waals surface area contributed by atoms with E-state index in [-0.39, 0.29) is 10.8 Å². The molecule has 0 aliphatic carbocycles. The molecule has 1 aliphatic heterocycles. The molecule has 26 heavy (non-hydrogen) atoms. The quantitative estimate of drug-likeness (QED) is 0.889. The molecule has 1 amide bonds. The summed E-state index contributed by atoms with van der Waals surface area (Å²) in [7, 11) is -3.45. The van der Waals surface area contributed by atoms with E-state index in [1.54, 1.807) is 34.6 Å². The third kappa shape index (κ3) is 3.81. The van der Waals surface area contributed by atoms with E-state index in [9.17, 15) is 13.2 Å². The van der Waals surface area contributed by atoms with Crippen LogP contribution in [0.15, 0.2) is 47.4 Å². The second-order valence-electron chi connectivity index (χ2n) is 6.69. The topological polar surface area (TPSA) is 66.5 Å². The Labute approximate surface area is 155 Å². The number of nitrogens with zero attached hydrogens (tertiary/aromatic N) is 1. The van der Waals surface area contributed by atoms with E-state index in [1.165, 1.54) is 0 Å². The van der Waals surface area contributed by atoms with Gasteiger partial charge in [-0.1, -0.05) is 18.6 Å². The minimum atomic E-state index is -3.45. The van der Waals surface area contributed by atoms with Gasteiger partial charge < -0.3 is 5.32 Å². The number of anilines is 1. The zero-order valence-corrected chi connectivity index (χ0v) is 16.0. The van der Waals surface area contributed by atoms with Gasteiger partial charge in [-0.05, 0) is 68.1 Å². The van der Waals surface area contributed by atoms with Crippen LogP contribution in [0.1, 0.15) is 40.7 Å². The van der Waals surface area contributed by atoms with E-state index >= 15 is 0 Å². The first-order valence-electron chi connectivity index (χ1n) is 8.87. The predicted molar refractivity (Wildman–Crippen MR) is 103 cm³/mol. The molecule has 6 heteroatoms. The number of carbonyl (C=O) groups excluding carboxylic acids is 1. The summed E-state index contributed by atoms with van der Waals surface area (Å²) in [6.45, 7) is 5.03. The summed E-state index contributed by atoms with van der Waals surface area (Å²) in [5, 5.41) is 2.84. The van der Waals surface area contributed by atoms with Gasteiger partial charge in [-0.15, -0.1) is 0 Å². The lowest BCUT2D eigenvalue weighted by Gasteiger charge is -2.25. The van der Waals surface area contributed by atoms with Crippen molar-refractivity contribution < 1.29 is 13.2 Å². The third-order valence-corrected chi connectivity index (χ3v) is 6.83. The monoisotopic (exact) mass is 372 g/mol. The normalized spacial score (nSPS) is 15.6. The summed E-state index contributed by atoms with van der Waals surface area (Å²) in [6, 6.07) is 12.0. The Morgan fingerprint density at radius 3 is 2.27 bits per heavy atom. The van der Waals surface area contributed by atoms with E-state index in [2.05, 4.69) is 5.32 Å². The molecule has 1 N–H and O–H groups in total. The number of rotatable bonds is 4. The van der Waals surface area contributed by atoms with Crippen molar-refractivity contribution in [2.75, 3.05) is 18.4 Å². The highest BCUT2D eigenvalue weighted by molar-refractivity contribution is 7.89. The number of hydrogen-bond donors (Lipinski definition) is 1. The van der Waals surface area contributed by atoms with Crippen LogP contribution in [0.2, 0.25) is 0 Å². The molecule has 138 valence electrons. The SMILES string of the molecule is Cc1cccc(C(=O)Nc2ccc(S(=O)(=O)N3CCCCC3)cc2)c1C. The number of amides is 1. The highest BCUT2D eigenvalue weighted by Crippen LogP contribution is 2.22. The molecular formula is C20H24N2O3S. The molecule has 0 bridgehead atoms. The number of sulfonamides is 1. The molecule has 0 saturated carbocycles. The van der Waals surface area contributed by atoms with E-state index in [0.29, 0.717) is 24.3 Å². The minimum Gasteiger partial charge on any atom is -0.322 e. The molecular weight excluding hydrogens is 348 g/mol. The predicted octanol–water partition coefficient (Wildman–Crippen LogP) is 3.73. The first kappa shape index (κ1) is 18.6. The van der Waals surface area contributed by atoms with Crippen molar-refractivity contribution in [2.45, 2.75) is 38.0 Å². The maximum Gasteiger partial charge on any atom is 0.255 e. The number of benzene rings is 2. The Morgan fingerprint density at radius 2 is 1.62 bits per heavy atom. The Hall–Kier alpha value is -2.18. The molecule has 0 atom stereocenters. The largest absolute Gasteiger partial charge is 0.322 e. The van der Waals surface area contributed by atoms with Gasteiger partial charge in [-0.3, -0.25) is 4.79 Å². The summed E-state index contributed by atoms with van der Waals surface area (Å²) in [5.41, 5.74) is 3.19. The summed E-state index contributed by atoms with van der Waals surface area (Å²) in [5.74, 6) is -0.196. The maximum atomic E-state index is 12.7. The van der Waals surface area contributed by atoms with Crippen molar-refractivity contribution in [1.29, 1.82) is 0 Å². The number of piperidine rings is 1. The maximum absolute atomic E-state index is 12.7. The van der Waals surface area contributed by atoms with E-state index in [4.69, 9.17) is 0 Å². The van der Waals surface area contributed by atoms with E-state index in [1.807, 2.05) is 26.0 Å². The van der Waals surface area contributed by atoms with Gasteiger partial charge in [-0.2, -0.15) is 4.31 Å². The van der Waals surface area contributed by atoms with Crippen LogP contribution in [0.25, 0.3) is 0 Å². The van der Waals surface area contributed by atoms with Crippen molar-refractivity contribution in [2.24, 2.45) is 0 Å². The van der Waals surface area contributed by atoms with Crippen LogP contribution in [0.4, 0.5) is 5.69 Å². The van der Waals surface area contributed by atoms with Gasteiger partial charge in [0.15, 0.2) is 0 Å². The molecule has 1 heterocycles. The van der Waals surface area contributed by atoms with Crippen molar-refractivity contribution in [3.8, 4) is 0 Å². The second kappa shape index (κ2) is 7.60. The average Bonchev–Trinajstić information content (AvgIpc) is 2.65. The van der Waals surface area contributed by atoms with Crippen LogP contribution in [0, 0.1) is 13.8 Å². The third-order valence-electron chi connectivity index (χ3n) is 4.91. The highest BCUT2D eigenvalue weighted by Gasteiger charge is 2.25. The average molecular weight is 372 g/mol. The van der Waals surface area contributed by atoms with Gasteiger partial charge in [0.25, 0.3) is 5.91 Å². The molecule has 0 radical (unpaired) electrons. The van der Waals surface area contributed by atoms with Gasteiger partial charge in [0.05, 0.1) is 4.90 Å². The molecule has 1 saturated heterocycles. The summed E-state index contributed by atoms with van der Waals surface area (Å²) >= 11 is 0. The van der Waals surface area contributed by atoms with Crippen molar-refractivity contribution in [3.63, 3.8) is 0 Å². The molecule has 2 aromatic rings. The minimum absolute atomic E-state index is 0.196. The molecule has 1 fully saturated rings. The lowest BCUT2D eigenvalue weighted by atomic mass is 10.0. The zero-order chi connectivity index (χ0) is 18.7. The van der Waals surface area contributed by atoms with Gasteiger partial charge in [-0.25, -0.2) is 8.42 Å². The van der Waals surface area contributed by atoms with Crippen molar-refractivity contribution in [1.82, 2.24) is 4.31 Å². The number of nitrogens with one attached hydrogen (secondary N) is 1. The number of carbonyl (C=O) groups is 1. The van der Waals surface area contributed by atoms with Crippen LogP contribution in [0.3, 0.4) is 0 Å². The van der Waals surface area contributed by atoms with E-state index < -0.39 is 10.0 Å². The lowest BCUT2D eigenvalue weighted by Crippen LogP contribution is -2.35. The molecule has 5 nitrogen and oxygen atoms in total.